The van der Waals surface area contributed by atoms with E-state index in [9.17, 15) is 9.59 Å². The molecule has 2 amide bonds. The van der Waals surface area contributed by atoms with Gasteiger partial charge in [0.25, 0.3) is 5.91 Å². The van der Waals surface area contributed by atoms with Crippen LogP contribution in [0.5, 0.6) is 5.88 Å². The molecule has 172 valence electrons. The summed E-state index contributed by atoms with van der Waals surface area (Å²) in [6.45, 7) is 3.40. The van der Waals surface area contributed by atoms with E-state index in [-0.39, 0.29) is 17.7 Å². The smallest absolute Gasteiger partial charge is 0.274 e. The van der Waals surface area contributed by atoms with Crippen LogP contribution in [0.15, 0.2) is 42.6 Å². The third-order valence-electron chi connectivity index (χ3n) is 5.88. The van der Waals surface area contributed by atoms with Gasteiger partial charge in [-0.3, -0.25) is 14.7 Å². The zero-order valence-corrected chi connectivity index (χ0v) is 19.4. The Balaban J connectivity index is 1.33. The quantitative estimate of drug-likeness (QED) is 0.576. The minimum Gasteiger partial charge on any atom is -0.481 e. The van der Waals surface area contributed by atoms with Crippen molar-refractivity contribution < 1.29 is 14.3 Å². The van der Waals surface area contributed by atoms with Gasteiger partial charge in [0.2, 0.25) is 11.8 Å². The average molecular weight is 468 g/mol. The highest BCUT2D eigenvalue weighted by Crippen LogP contribution is 2.26. The molecule has 0 bridgehead atoms. The number of hydrogen-bond donors (Lipinski definition) is 2. The van der Waals surface area contributed by atoms with Gasteiger partial charge in [-0.2, -0.15) is 5.10 Å². The van der Waals surface area contributed by atoms with E-state index >= 15 is 0 Å². The summed E-state index contributed by atoms with van der Waals surface area (Å²) in [5.41, 5.74) is 3.86. The van der Waals surface area contributed by atoms with Gasteiger partial charge in [-0.1, -0.05) is 23.7 Å². The number of likely N-dealkylation sites (tertiary alicyclic amines) is 1. The van der Waals surface area contributed by atoms with Crippen molar-refractivity contribution in [1.29, 1.82) is 0 Å². The second-order valence-corrected chi connectivity index (χ2v) is 8.56. The number of carbonyl (C=O) groups is 2. The molecule has 0 aliphatic carbocycles. The topological polar surface area (TPSA) is 100 Å². The number of halogens is 1. The SMILES string of the molecule is COc1cc(-c2cc(C(=O)N3CCC(C(=O)NCc4cccc(Cl)c4)CC3)n[nH]2)c(C)cn1. The number of amides is 2. The number of carbonyl (C=O) groups excluding carboxylic acids is 2. The third-order valence-corrected chi connectivity index (χ3v) is 6.12. The number of nitrogens with zero attached hydrogens (tertiary/aromatic N) is 3. The van der Waals surface area contributed by atoms with Gasteiger partial charge in [0.15, 0.2) is 5.69 Å². The first kappa shape index (κ1) is 22.8. The molecular weight excluding hydrogens is 442 g/mol. The molecule has 1 fully saturated rings. The van der Waals surface area contributed by atoms with Crippen molar-refractivity contribution in [2.45, 2.75) is 26.3 Å². The summed E-state index contributed by atoms with van der Waals surface area (Å²) in [4.78, 5) is 31.5. The summed E-state index contributed by atoms with van der Waals surface area (Å²) in [6.07, 6.45) is 2.95. The lowest BCUT2D eigenvalue weighted by atomic mass is 9.95. The standard InChI is InChI=1S/C24H26ClN5O3/c1-15-13-26-22(33-2)11-19(15)20-12-21(29-28-20)24(32)30-8-6-17(7-9-30)23(31)27-14-16-4-3-5-18(25)10-16/h3-5,10-13,17H,6-9,14H2,1-2H3,(H,27,31)(H,28,29). The molecule has 0 atom stereocenters. The van der Waals surface area contributed by atoms with Crippen molar-refractivity contribution in [2.24, 2.45) is 5.92 Å². The highest BCUT2D eigenvalue weighted by Gasteiger charge is 2.29. The first-order valence-electron chi connectivity index (χ1n) is 10.8. The molecule has 1 aliphatic rings. The van der Waals surface area contributed by atoms with Crippen LogP contribution in [0.4, 0.5) is 0 Å². The summed E-state index contributed by atoms with van der Waals surface area (Å²) in [5, 5.41) is 10.8. The van der Waals surface area contributed by atoms with E-state index < -0.39 is 0 Å². The Hall–Kier alpha value is -3.39. The number of aromatic amines is 1. The zero-order chi connectivity index (χ0) is 23.4. The lowest BCUT2D eigenvalue weighted by Crippen LogP contribution is -2.43. The zero-order valence-electron chi connectivity index (χ0n) is 18.6. The maximum atomic E-state index is 13.0. The maximum absolute atomic E-state index is 13.0. The first-order chi connectivity index (χ1) is 15.9. The van der Waals surface area contributed by atoms with Gasteiger partial charge in [0.1, 0.15) is 0 Å². The molecule has 3 aromatic rings. The number of nitrogens with one attached hydrogen (secondary N) is 2. The van der Waals surface area contributed by atoms with Gasteiger partial charge >= 0.3 is 0 Å². The van der Waals surface area contributed by atoms with Gasteiger partial charge in [0.05, 0.1) is 12.8 Å². The number of piperidine rings is 1. The van der Waals surface area contributed by atoms with E-state index in [0.29, 0.717) is 49.1 Å². The van der Waals surface area contributed by atoms with Crippen molar-refractivity contribution in [2.75, 3.05) is 20.2 Å². The van der Waals surface area contributed by atoms with E-state index in [2.05, 4.69) is 20.5 Å². The fourth-order valence-electron chi connectivity index (χ4n) is 3.96. The largest absolute Gasteiger partial charge is 0.481 e. The van der Waals surface area contributed by atoms with Crippen LogP contribution in [0.2, 0.25) is 5.02 Å². The van der Waals surface area contributed by atoms with Crippen LogP contribution in [0.3, 0.4) is 0 Å². The Bertz CT molecular complexity index is 1150. The molecule has 4 rings (SSSR count). The summed E-state index contributed by atoms with van der Waals surface area (Å²) < 4.78 is 5.20. The maximum Gasteiger partial charge on any atom is 0.274 e. The molecule has 1 saturated heterocycles. The highest BCUT2D eigenvalue weighted by atomic mass is 35.5. The summed E-state index contributed by atoms with van der Waals surface area (Å²) >= 11 is 6.00. The minimum absolute atomic E-state index is 0.00578. The molecule has 0 unspecified atom stereocenters. The number of rotatable bonds is 6. The average Bonchev–Trinajstić information content (AvgIpc) is 3.32. The molecular formula is C24H26ClN5O3. The normalized spacial score (nSPS) is 14.2. The summed E-state index contributed by atoms with van der Waals surface area (Å²) in [7, 11) is 1.56. The molecule has 0 spiro atoms. The van der Waals surface area contributed by atoms with Gasteiger partial charge in [-0.05, 0) is 49.1 Å². The van der Waals surface area contributed by atoms with Crippen molar-refractivity contribution in [3.8, 4) is 17.1 Å². The van der Waals surface area contributed by atoms with Gasteiger partial charge in [0, 0.05) is 48.4 Å². The Morgan fingerprint density at radius 1 is 1.24 bits per heavy atom. The number of aromatic nitrogens is 3. The molecule has 1 aromatic carbocycles. The predicted octanol–water partition coefficient (Wildman–Crippen LogP) is 3.61. The van der Waals surface area contributed by atoms with Gasteiger partial charge in [-0.25, -0.2) is 4.98 Å². The van der Waals surface area contributed by atoms with Crippen LogP contribution in [-0.2, 0) is 11.3 Å². The number of methoxy groups -OCH3 is 1. The molecule has 2 aromatic heterocycles. The molecule has 8 nitrogen and oxygen atoms in total. The monoisotopic (exact) mass is 467 g/mol. The molecule has 3 heterocycles. The van der Waals surface area contributed by atoms with E-state index in [4.69, 9.17) is 16.3 Å². The first-order valence-corrected chi connectivity index (χ1v) is 11.2. The second-order valence-electron chi connectivity index (χ2n) is 8.12. The van der Waals surface area contributed by atoms with Crippen LogP contribution in [-0.4, -0.2) is 52.1 Å². The number of hydrogen-bond acceptors (Lipinski definition) is 5. The fraction of sp³-hybridized carbons (Fsp3) is 0.333. The number of ether oxygens (including phenoxy) is 1. The Labute approximate surface area is 197 Å². The lowest BCUT2D eigenvalue weighted by molar-refractivity contribution is -0.126. The van der Waals surface area contributed by atoms with Crippen molar-refractivity contribution >= 4 is 23.4 Å². The second kappa shape index (κ2) is 10.0. The van der Waals surface area contributed by atoms with Crippen molar-refractivity contribution in [3.63, 3.8) is 0 Å². The highest BCUT2D eigenvalue weighted by molar-refractivity contribution is 6.30. The summed E-state index contributed by atoms with van der Waals surface area (Å²) in [6, 6.07) is 11.0. The molecule has 0 saturated carbocycles. The van der Waals surface area contributed by atoms with Crippen LogP contribution >= 0.6 is 11.6 Å². The van der Waals surface area contributed by atoms with E-state index in [1.165, 1.54) is 0 Å². The van der Waals surface area contributed by atoms with Crippen LogP contribution < -0.4 is 10.1 Å². The summed E-state index contributed by atoms with van der Waals surface area (Å²) in [5.74, 6) is 0.240. The fourth-order valence-corrected chi connectivity index (χ4v) is 4.18. The Morgan fingerprint density at radius 2 is 2.03 bits per heavy atom. The molecule has 1 aliphatic heterocycles. The van der Waals surface area contributed by atoms with Crippen LogP contribution in [0.1, 0.15) is 34.5 Å². The lowest BCUT2D eigenvalue weighted by Gasteiger charge is -2.30. The molecule has 2 N–H and O–H groups in total. The molecule has 0 radical (unpaired) electrons. The van der Waals surface area contributed by atoms with Gasteiger partial charge in [-0.15, -0.1) is 0 Å². The van der Waals surface area contributed by atoms with E-state index in [1.807, 2.05) is 31.2 Å². The predicted molar refractivity (Wildman–Crippen MR) is 125 cm³/mol. The minimum atomic E-state index is -0.144. The molecule has 9 heteroatoms. The Kier molecular flexibility index (Phi) is 6.93. The third kappa shape index (κ3) is 5.34. The van der Waals surface area contributed by atoms with Crippen LogP contribution in [0, 0.1) is 12.8 Å². The van der Waals surface area contributed by atoms with Gasteiger partial charge < -0.3 is 15.0 Å². The van der Waals surface area contributed by atoms with E-state index in [0.717, 1.165) is 22.4 Å². The molecule has 33 heavy (non-hydrogen) atoms. The number of aryl methyl sites for hydroxylation is 1. The van der Waals surface area contributed by atoms with Crippen LogP contribution in [0.25, 0.3) is 11.3 Å². The Morgan fingerprint density at radius 3 is 2.76 bits per heavy atom. The van der Waals surface area contributed by atoms with E-state index in [1.54, 1.807) is 30.3 Å². The van der Waals surface area contributed by atoms with Crippen molar-refractivity contribution in [1.82, 2.24) is 25.4 Å². The number of benzene rings is 1. The number of pyridine rings is 1. The van der Waals surface area contributed by atoms with Crippen molar-refractivity contribution in [3.05, 3.63) is 64.4 Å². The number of H-pyrrole nitrogens is 1.